The van der Waals surface area contributed by atoms with Crippen LogP contribution in [0.5, 0.6) is 0 Å². The van der Waals surface area contributed by atoms with Crippen LogP contribution in [0, 0.1) is 0 Å². The van der Waals surface area contributed by atoms with Gasteiger partial charge in [0.05, 0.1) is 12.2 Å². The van der Waals surface area contributed by atoms with E-state index in [9.17, 15) is 0 Å². The molecule has 0 aromatic carbocycles. The fourth-order valence-corrected chi connectivity index (χ4v) is 1.32. The topological polar surface area (TPSA) is 29.5 Å². The first-order valence-electron chi connectivity index (χ1n) is 3.53. The summed E-state index contributed by atoms with van der Waals surface area (Å²) in [4.78, 5) is 0. The molecule has 1 aliphatic heterocycles. The standard InChI is InChI=1S/C8H14O2/c1-6-4-8(2,3)10-7(6)5-9/h4,7,9H,5H2,1-3H3/t7-/m0/s1. The summed E-state index contributed by atoms with van der Waals surface area (Å²) in [5, 5.41) is 8.80. The Hall–Kier alpha value is -0.340. The summed E-state index contributed by atoms with van der Waals surface area (Å²) < 4.78 is 5.47. The van der Waals surface area contributed by atoms with Gasteiger partial charge < -0.3 is 9.84 Å². The molecule has 0 spiro atoms. The lowest BCUT2D eigenvalue weighted by Crippen LogP contribution is -2.23. The molecule has 0 saturated carbocycles. The van der Waals surface area contributed by atoms with Crippen molar-refractivity contribution in [3.8, 4) is 0 Å². The predicted octanol–water partition coefficient (Wildman–Crippen LogP) is 1.10. The van der Waals surface area contributed by atoms with Crippen molar-refractivity contribution in [1.82, 2.24) is 0 Å². The van der Waals surface area contributed by atoms with E-state index in [0.717, 1.165) is 5.57 Å². The zero-order valence-electron chi connectivity index (χ0n) is 6.72. The molecule has 58 valence electrons. The molecule has 1 heterocycles. The number of hydrogen-bond acceptors (Lipinski definition) is 2. The number of aliphatic hydroxyl groups is 1. The van der Waals surface area contributed by atoms with E-state index >= 15 is 0 Å². The van der Waals surface area contributed by atoms with Gasteiger partial charge in [0, 0.05) is 0 Å². The Morgan fingerprint density at radius 3 is 2.50 bits per heavy atom. The van der Waals surface area contributed by atoms with E-state index in [1.165, 1.54) is 0 Å². The summed E-state index contributed by atoms with van der Waals surface area (Å²) in [6, 6.07) is 0. The highest BCUT2D eigenvalue weighted by atomic mass is 16.5. The van der Waals surface area contributed by atoms with Crippen LogP contribution in [0.1, 0.15) is 20.8 Å². The molecule has 2 heteroatoms. The number of ether oxygens (including phenoxy) is 1. The quantitative estimate of drug-likeness (QED) is 0.555. The largest absolute Gasteiger partial charge is 0.393 e. The lowest BCUT2D eigenvalue weighted by molar-refractivity contribution is -0.0254. The van der Waals surface area contributed by atoms with Crippen molar-refractivity contribution in [2.24, 2.45) is 0 Å². The zero-order valence-corrected chi connectivity index (χ0v) is 6.72. The van der Waals surface area contributed by atoms with Gasteiger partial charge in [0.25, 0.3) is 0 Å². The minimum Gasteiger partial charge on any atom is -0.393 e. The molecule has 0 aromatic rings. The molecule has 0 amide bonds. The number of rotatable bonds is 1. The Balaban J connectivity index is 2.68. The number of hydrogen-bond donors (Lipinski definition) is 1. The molecule has 2 nitrogen and oxygen atoms in total. The third-order valence-corrected chi connectivity index (χ3v) is 1.69. The van der Waals surface area contributed by atoms with Crippen LogP contribution in [0.2, 0.25) is 0 Å². The van der Waals surface area contributed by atoms with Crippen LogP contribution in [0.3, 0.4) is 0 Å². The first kappa shape index (κ1) is 7.76. The fourth-order valence-electron chi connectivity index (χ4n) is 1.32. The van der Waals surface area contributed by atoms with Crippen LogP contribution >= 0.6 is 0 Å². The van der Waals surface area contributed by atoms with Crippen molar-refractivity contribution < 1.29 is 9.84 Å². The first-order chi connectivity index (χ1) is 4.55. The summed E-state index contributed by atoms with van der Waals surface area (Å²) in [5.74, 6) is 0. The summed E-state index contributed by atoms with van der Waals surface area (Å²) in [5.41, 5.74) is 0.949. The van der Waals surface area contributed by atoms with Crippen molar-refractivity contribution in [2.75, 3.05) is 6.61 Å². The molecular formula is C8H14O2. The molecule has 1 atom stereocenters. The van der Waals surface area contributed by atoms with E-state index in [0.29, 0.717) is 0 Å². The Labute approximate surface area is 61.5 Å². The third-order valence-electron chi connectivity index (χ3n) is 1.69. The summed E-state index contributed by atoms with van der Waals surface area (Å²) >= 11 is 0. The van der Waals surface area contributed by atoms with Gasteiger partial charge in [0.15, 0.2) is 0 Å². The van der Waals surface area contributed by atoms with E-state index in [1.54, 1.807) is 0 Å². The predicted molar refractivity (Wildman–Crippen MR) is 39.8 cm³/mol. The summed E-state index contributed by atoms with van der Waals surface area (Å²) in [6.07, 6.45) is 1.98. The third kappa shape index (κ3) is 1.39. The number of aliphatic hydroxyl groups excluding tert-OH is 1. The second-order valence-electron chi connectivity index (χ2n) is 3.28. The van der Waals surface area contributed by atoms with Crippen LogP contribution in [0.4, 0.5) is 0 Å². The molecule has 0 bridgehead atoms. The van der Waals surface area contributed by atoms with Crippen LogP contribution in [0.25, 0.3) is 0 Å². The van der Waals surface area contributed by atoms with Crippen LogP contribution < -0.4 is 0 Å². The van der Waals surface area contributed by atoms with Gasteiger partial charge in [-0.25, -0.2) is 0 Å². The van der Waals surface area contributed by atoms with E-state index in [1.807, 2.05) is 26.8 Å². The maximum Gasteiger partial charge on any atom is 0.103 e. The van der Waals surface area contributed by atoms with E-state index in [4.69, 9.17) is 9.84 Å². The van der Waals surface area contributed by atoms with Crippen molar-refractivity contribution >= 4 is 0 Å². The fraction of sp³-hybridized carbons (Fsp3) is 0.750. The van der Waals surface area contributed by atoms with E-state index in [-0.39, 0.29) is 18.3 Å². The van der Waals surface area contributed by atoms with Gasteiger partial charge in [0.2, 0.25) is 0 Å². The highest BCUT2D eigenvalue weighted by Gasteiger charge is 2.29. The molecule has 0 fully saturated rings. The summed E-state index contributed by atoms with van der Waals surface area (Å²) in [6.45, 7) is 6.06. The highest BCUT2D eigenvalue weighted by molar-refractivity contribution is 5.17. The van der Waals surface area contributed by atoms with Crippen LogP contribution in [-0.2, 0) is 4.74 Å². The minimum atomic E-state index is -0.183. The minimum absolute atomic E-state index is 0.0741. The normalized spacial score (nSPS) is 30.4. The van der Waals surface area contributed by atoms with E-state index < -0.39 is 0 Å². The molecule has 1 rings (SSSR count). The maximum absolute atomic E-state index is 8.80. The van der Waals surface area contributed by atoms with Crippen molar-refractivity contribution in [2.45, 2.75) is 32.5 Å². The van der Waals surface area contributed by atoms with Gasteiger partial charge in [-0.2, -0.15) is 0 Å². The first-order valence-corrected chi connectivity index (χ1v) is 3.53. The summed E-state index contributed by atoms with van der Waals surface area (Å²) in [7, 11) is 0. The Kier molecular flexibility index (Phi) is 1.84. The second-order valence-corrected chi connectivity index (χ2v) is 3.28. The molecule has 1 N–H and O–H groups in total. The van der Waals surface area contributed by atoms with Gasteiger partial charge >= 0.3 is 0 Å². The molecule has 1 aliphatic rings. The van der Waals surface area contributed by atoms with Gasteiger partial charge in [-0.1, -0.05) is 6.08 Å². The van der Waals surface area contributed by atoms with Crippen molar-refractivity contribution in [3.63, 3.8) is 0 Å². The SMILES string of the molecule is CC1=CC(C)(C)O[C@H]1CO. The zero-order chi connectivity index (χ0) is 7.78. The lowest BCUT2D eigenvalue weighted by atomic mass is 10.1. The molecule has 0 aliphatic carbocycles. The van der Waals surface area contributed by atoms with E-state index in [2.05, 4.69) is 0 Å². The van der Waals surface area contributed by atoms with Gasteiger partial charge in [-0.3, -0.25) is 0 Å². The van der Waals surface area contributed by atoms with Gasteiger partial charge in [-0.15, -0.1) is 0 Å². The highest BCUT2D eigenvalue weighted by Crippen LogP contribution is 2.27. The Morgan fingerprint density at radius 1 is 1.70 bits per heavy atom. The van der Waals surface area contributed by atoms with Gasteiger partial charge in [0.1, 0.15) is 6.10 Å². The molecule has 10 heavy (non-hydrogen) atoms. The Morgan fingerprint density at radius 2 is 2.30 bits per heavy atom. The van der Waals surface area contributed by atoms with Crippen molar-refractivity contribution in [1.29, 1.82) is 0 Å². The Bertz CT molecular complexity index is 159. The lowest BCUT2D eigenvalue weighted by Gasteiger charge is -2.18. The van der Waals surface area contributed by atoms with Crippen LogP contribution in [0.15, 0.2) is 11.6 Å². The molecule has 0 aromatic heterocycles. The molecule has 0 saturated heterocycles. The maximum atomic E-state index is 8.80. The smallest absolute Gasteiger partial charge is 0.103 e. The average Bonchev–Trinajstić information content (AvgIpc) is 2.05. The average molecular weight is 142 g/mol. The molecular weight excluding hydrogens is 128 g/mol. The van der Waals surface area contributed by atoms with Gasteiger partial charge in [-0.05, 0) is 26.3 Å². The second kappa shape index (κ2) is 2.36. The molecule has 0 radical (unpaired) electrons. The van der Waals surface area contributed by atoms with Crippen molar-refractivity contribution in [3.05, 3.63) is 11.6 Å². The molecule has 0 unspecified atom stereocenters. The van der Waals surface area contributed by atoms with Crippen LogP contribution in [-0.4, -0.2) is 23.4 Å². The monoisotopic (exact) mass is 142 g/mol.